The largest absolute Gasteiger partial charge is 0.494 e. The molecule has 234 valence electrons. The lowest BCUT2D eigenvalue weighted by atomic mass is 9.96. The molecule has 7 nitrogen and oxygen atoms in total. The highest BCUT2D eigenvalue weighted by Gasteiger charge is 2.33. The van der Waals surface area contributed by atoms with Crippen LogP contribution in [-0.2, 0) is 16.1 Å². The van der Waals surface area contributed by atoms with Gasteiger partial charge in [0.1, 0.15) is 18.1 Å². The molecule has 0 amide bonds. The molecular formula is C36H30I2N2O5S. The number of ether oxygens (including phenoxy) is 3. The van der Waals surface area contributed by atoms with Gasteiger partial charge in [0.05, 0.1) is 42.2 Å². The molecule has 46 heavy (non-hydrogen) atoms. The number of carbonyl (C=O) groups is 1. The van der Waals surface area contributed by atoms with Gasteiger partial charge in [-0.25, -0.2) is 9.79 Å². The van der Waals surface area contributed by atoms with E-state index in [0.29, 0.717) is 39.6 Å². The number of fused-ring (bicyclic) bond motifs is 2. The summed E-state index contributed by atoms with van der Waals surface area (Å²) in [4.78, 5) is 32.5. The van der Waals surface area contributed by atoms with Gasteiger partial charge in [-0.15, -0.1) is 0 Å². The number of nitrogens with zero attached hydrogens (tertiary/aromatic N) is 2. The molecule has 0 unspecified atom stereocenters. The SMILES string of the molecule is CCOC(=O)C1=C(C)N=c2s/c(=C/c3cc(I)c(OCc4cccc5ccccc45)c(I)c3)c(=O)n2[C@H]1c1ccc(OCC)cc1. The molecule has 0 aliphatic carbocycles. The van der Waals surface area contributed by atoms with Crippen molar-refractivity contribution in [2.45, 2.75) is 33.4 Å². The zero-order valence-electron chi connectivity index (χ0n) is 25.4. The second-order valence-corrected chi connectivity index (χ2v) is 13.9. The van der Waals surface area contributed by atoms with Crippen molar-refractivity contribution in [2.75, 3.05) is 13.2 Å². The highest BCUT2D eigenvalue weighted by Crippen LogP contribution is 2.33. The summed E-state index contributed by atoms with van der Waals surface area (Å²) in [7, 11) is 0. The van der Waals surface area contributed by atoms with Gasteiger partial charge in [0.2, 0.25) is 0 Å². The Bertz CT molecular complexity index is 2140. The van der Waals surface area contributed by atoms with E-state index in [4.69, 9.17) is 19.2 Å². The molecule has 0 saturated carbocycles. The lowest BCUT2D eigenvalue weighted by Gasteiger charge is -2.24. The first-order chi connectivity index (χ1) is 22.3. The maximum Gasteiger partial charge on any atom is 0.338 e. The maximum absolute atomic E-state index is 14.1. The summed E-state index contributed by atoms with van der Waals surface area (Å²) < 4.78 is 21.4. The van der Waals surface area contributed by atoms with Gasteiger partial charge in [-0.05, 0) is 124 Å². The molecule has 10 heteroatoms. The first-order valence-corrected chi connectivity index (χ1v) is 17.8. The number of allylic oxidation sites excluding steroid dienone is 1. The van der Waals surface area contributed by atoms with Crippen molar-refractivity contribution in [3.8, 4) is 11.5 Å². The molecule has 1 aliphatic rings. The number of rotatable bonds is 9. The van der Waals surface area contributed by atoms with Crippen LogP contribution in [0.25, 0.3) is 16.8 Å². The fourth-order valence-electron chi connectivity index (χ4n) is 5.54. The van der Waals surface area contributed by atoms with Crippen LogP contribution in [0.1, 0.15) is 43.5 Å². The topological polar surface area (TPSA) is 79.1 Å². The summed E-state index contributed by atoms with van der Waals surface area (Å²) in [5.41, 5.74) is 3.41. The lowest BCUT2D eigenvalue weighted by Crippen LogP contribution is -2.39. The number of hydrogen-bond acceptors (Lipinski definition) is 7. The third kappa shape index (κ3) is 6.52. The van der Waals surface area contributed by atoms with Gasteiger partial charge in [-0.2, -0.15) is 0 Å². The molecule has 0 saturated heterocycles. The molecule has 0 radical (unpaired) electrons. The standard InChI is InChI=1S/C36H30I2N2O5S/c1-4-43-26-15-13-24(14-16-26)32-31(35(42)44-5-2)21(3)39-36-40(32)34(41)30(46-36)19-22-17-28(37)33(29(38)18-22)45-20-25-11-8-10-23-9-6-7-12-27(23)25/h6-19,32H,4-5,20H2,1-3H3/b30-19+/t32-/m0/s1. The predicted molar refractivity (Wildman–Crippen MR) is 198 cm³/mol. The van der Waals surface area contributed by atoms with Gasteiger partial charge in [-0.3, -0.25) is 9.36 Å². The Morgan fingerprint density at radius 3 is 2.39 bits per heavy atom. The molecule has 0 N–H and O–H groups in total. The molecule has 1 atom stereocenters. The van der Waals surface area contributed by atoms with Crippen LogP contribution in [0.15, 0.2) is 99.9 Å². The minimum atomic E-state index is -0.682. The van der Waals surface area contributed by atoms with E-state index >= 15 is 0 Å². The minimum absolute atomic E-state index is 0.217. The normalized spacial score (nSPS) is 14.6. The molecule has 0 spiro atoms. The quantitative estimate of drug-likeness (QED) is 0.117. The van der Waals surface area contributed by atoms with Crippen molar-refractivity contribution in [1.82, 2.24) is 4.57 Å². The number of aromatic nitrogens is 1. The van der Waals surface area contributed by atoms with Gasteiger partial charge in [0.25, 0.3) is 5.56 Å². The summed E-state index contributed by atoms with van der Waals surface area (Å²) in [5, 5.41) is 2.35. The zero-order valence-corrected chi connectivity index (χ0v) is 30.5. The number of esters is 1. The molecular weight excluding hydrogens is 826 g/mol. The van der Waals surface area contributed by atoms with Crippen LogP contribution in [0.5, 0.6) is 11.5 Å². The van der Waals surface area contributed by atoms with E-state index in [-0.39, 0.29) is 12.2 Å². The average molecular weight is 857 g/mol. The fraction of sp³-hybridized carbons (Fsp3) is 0.194. The molecule has 1 aliphatic heterocycles. The number of thiazole rings is 1. The Balaban J connectivity index is 1.37. The summed E-state index contributed by atoms with van der Waals surface area (Å²) in [5.74, 6) is 1.03. The minimum Gasteiger partial charge on any atom is -0.494 e. The van der Waals surface area contributed by atoms with Crippen LogP contribution in [0.4, 0.5) is 0 Å². The summed E-state index contributed by atoms with van der Waals surface area (Å²) in [6.45, 7) is 6.67. The molecule has 6 rings (SSSR count). The molecule has 0 fully saturated rings. The smallest absolute Gasteiger partial charge is 0.338 e. The molecule has 1 aromatic heterocycles. The van der Waals surface area contributed by atoms with E-state index < -0.39 is 12.0 Å². The van der Waals surface area contributed by atoms with Gasteiger partial charge in [0, 0.05) is 0 Å². The Labute approximate surface area is 297 Å². The number of hydrogen-bond donors (Lipinski definition) is 0. The van der Waals surface area contributed by atoms with Crippen molar-refractivity contribution < 1.29 is 19.0 Å². The summed E-state index contributed by atoms with van der Waals surface area (Å²) in [6, 6.07) is 25.3. The van der Waals surface area contributed by atoms with E-state index in [1.165, 1.54) is 22.1 Å². The Hall–Kier alpha value is -3.49. The van der Waals surface area contributed by atoms with E-state index in [1.807, 2.05) is 67.6 Å². The van der Waals surface area contributed by atoms with Gasteiger partial charge >= 0.3 is 5.97 Å². The Kier molecular flexibility index (Phi) is 9.95. The van der Waals surface area contributed by atoms with E-state index in [9.17, 15) is 9.59 Å². The van der Waals surface area contributed by atoms with Crippen LogP contribution in [0.3, 0.4) is 0 Å². The van der Waals surface area contributed by atoms with Crippen molar-refractivity contribution in [1.29, 1.82) is 0 Å². The summed E-state index contributed by atoms with van der Waals surface area (Å²) in [6.07, 6.45) is 1.88. The molecule has 0 bridgehead atoms. The third-order valence-electron chi connectivity index (χ3n) is 7.59. The number of benzene rings is 4. The highest BCUT2D eigenvalue weighted by atomic mass is 127. The van der Waals surface area contributed by atoms with Crippen LogP contribution < -0.4 is 24.4 Å². The number of halogens is 2. The summed E-state index contributed by atoms with van der Waals surface area (Å²) >= 11 is 5.87. The van der Waals surface area contributed by atoms with Gasteiger partial charge in [-0.1, -0.05) is 65.9 Å². The second-order valence-electron chi connectivity index (χ2n) is 10.5. The zero-order chi connectivity index (χ0) is 32.4. The van der Waals surface area contributed by atoms with Gasteiger partial charge in [0.15, 0.2) is 4.80 Å². The first kappa shape index (κ1) is 32.5. The van der Waals surface area contributed by atoms with Crippen molar-refractivity contribution >= 4 is 79.3 Å². The fourth-order valence-corrected chi connectivity index (χ4v) is 8.71. The third-order valence-corrected chi connectivity index (χ3v) is 10.2. The Morgan fingerprint density at radius 2 is 1.67 bits per heavy atom. The van der Waals surface area contributed by atoms with Crippen molar-refractivity contribution in [3.63, 3.8) is 0 Å². The second kappa shape index (κ2) is 14.1. The monoisotopic (exact) mass is 856 g/mol. The van der Waals surface area contributed by atoms with E-state index in [0.717, 1.165) is 29.6 Å². The predicted octanol–water partition coefficient (Wildman–Crippen LogP) is 7.14. The van der Waals surface area contributed by atoms with E-state index in [2.05, 4.69) is 69.4 Å². The lowest BCUT2D eigenvalue weighted by molar-refractivity contribution is -0.139. The van der Waals surface area contributed by atoms with Crippen LogP contribution in [-0.4, -0.2) is 23.8 Å². The highest BCUT2D eigenvalue weighted by molar-refractivity contribution is 14.1. The first-order valence-electron chi connectivity index (χ1n) is 14.8. The van der Waals surface area contributed by atoms with Crippen LogP contribution in [0.2, 0.25) is 0 Å². The maximum atomic E-state index is 14.1. The van der Waals surface area contributed by atoms with Gasteiger partial charge < -0.3 is 14.2 Å². The molecule has 2 heterocycles. The van der Waals surface area contributed by atoms with E-state index in [1.54, 1.807) is 18.4 Å². The van der Waals surface area contributed by atoms with Crippen molar-refractivity contribution in [2.24, 2.45) is 4.99 Å². The molecule has 4 aromatic carbocycles. The Morgan fingerprint density at radius 1 is 0.957 bits per heavy atom. The average Bonchev–Trinajstić information content (AvgIpc) is 3.34. The van der Waals surface area contributed by atoms with Crippen LogP contribution >= 0.6 is 56.5 Å². The van der Waals surface area contributed by atoms with Crippen LogP contribution in [0, 0.1) is 7.14 Å². The van der Waals surface area contributed by atoms with Crippen molar-refractivity contribution in [3.05, 3.63) is 134 Å². The molecule has 5 aromatic rings. The number of carbonyl (C=O) groups excluding carboxylic acids is 1.